The van der Waals surface area contributed by atoms with Crippen LogP contribution in [0.15, 0.2) is 41.4 Å². The number of hydrogen-bond donors (Lipinski definition) is 2. The number of rotatable bonds is 7. The Bertz CT molecular complexity index is 872. The van der Waals surface area contributed by atoms with Gasteiger partial charge < -0.3 is 10.1 Å². The van der Waals surface area contributed by atoms with Crippen molar-refractivity contribution in [1.82, 2.24) is 19.8 Å². The zero-order chi connectivity index (χ0) is 18.6. The second kappa shape index (κ2) is 7.98. The Hall–Kier alpha value is -2.23. The van der Waals surface area contributed by atoms with Gasteiger partial charge in [-0.05, 0) is 30.7 Å². The first kappa shape index (κ1) is 18.6. The summed E-state index contributed by atoms with van der Waals surface area (Å²) in [7, 11) is -1.89. The highest BCUT2D eigenvalue weighted by Gasteiger charge is 2.20. The van der Waals surface area contributed by atoms with E-state index >= 15 is 0 Å². The maximum atomic E-state index is 12.5. The van der Waals surface area contributed by atoms with Gasteiger partial charge in [0, 0.05) is 44.1 Å². The van der Waals surface area contributed by atoms with Gasteiger partial charge in [-0.25, -0.2) is 13.1 Å². The van der Waals surface area contributed by atoms with Crippen molar-refractivity contribution in [3.8, 4) is 0 Å². The average Bonchev–Trinajstić information content (AvgIpc) is 3.27. The summed E-state index contributed by atoms with van der Waals surface area (Å²) in [6.07, 6.45) is 2.96. The van der Waals surface area contributed by atoms with Gasteiger partial charge in [0.05, 0.1) is 17.5 Å². The normalized spacial score (nSPS) is 17.3. The van der Waals surface area contributed by atoms with Crippen LogP contribution in [0.4, 0.5) is 0 Å². The van der Waals surface area contributed by atoms with Gasteiger partial charge >= 0.3 is 0 Å². The minimum Gasteiger partial charge on any atom is -0.379 e. The summed E-state index contributed by atoms with van der Waals surface area (Å²) in [4.78, 5) is 12.4. The molecule has 0 bridgehead atoms. The fourth-order valence-electron chi connectivity index (χ4n) is 2.76. The molecule has 2 N–H and O–H groups in total. The minimum absolute atomic E-state index is 0.0280. The third-order valence-corrected chi connectivity index (χ3v) is 5.73. The number of carbonyl (C=O) groups is 1. The second-order valence-corrected chi connectivity index (χ2v) is 7.92. The van der Waals surface area contributed by atoms with E-state index < -0.39 is 10.0 Å². The van der Waals surface area contributed by atoms with Crippen molar-refractivity contribution in [3.05, 3.63) is 47.8 Å². The Labute approximate surface area is 152 Å². The predicted octanol–water partition coefficient (Wildman–Crippen LogP) is 0.460. The molecule has 1 amide bonds. The van der Waals surface area contributed by atoms with Crippen LogP contribution in [-0.2, 0) is 28.2 Å². The SMILES string of the molecule is Cn1nccc1CCNS(=O)(=O)c1cccc(C(=O)N[C@H]2CCOC2)c1. The molecule has 0 spiro atoms. The number of carbonyl (C=O) groups excluding carboxylic acids is 1. The number of hydrogen-bond acceptors (Lipinski definition) is 5. The molecular formula is C17H22N4O4S. The number of aryl methyl sites for hydroxylation is 1. The van der Waals surface area contributed by atoms with E-state index in [-0.39, 0.29) is 23.4 Å². The molecule has 0 unspecified atom stereocenters. The molecule has 1 aliphatic heterocycles. The summed E-state index contributed by atoms with van der Waals surface area (Å²) in [5.41, 5.74) is 1.24. The molecule has 2 heterocycles. The van der Waals surface area contributed by atoms with Gasteiger partial charge in [-0.1, -0.05) is 6.07 Å². The van der Waals surface area contributed by atoms with Gasteiger partial charge in [-0.15, -0.1) is 0 Å². The van der Waals surface area contributed by atoms with Crippen molar-refractivity contribution < 1.29 is 17.9 Å². The number of aromatic nitrogens is 2. The van der Waals surface area contributed by atoms with E-state index in [0.29, 0.717) is 25.2 Å². The molecule has 9 heteroatoms. The Morgan fingerprint density at radius 3 is 2.92 bits per heavy atom. The van der Waals surface area contributed by atoms with Crippen LogP contribution in [0.3, 0.4) is 0 Å². The van der Waals surface area contributed by atoms with E-state index in [0.717, 1.165) is 12.1 Å². The fourth-order valence-corrected chi connectivity index (χ4v) is 3.84. The quantitative estimate of drug-likeness (QED) is 0.729. The van der Waals surface area contributed by atoms with E-state index in [2.05, 4.69) is 15.1 Å². The van der Waals surface area contributed by atoms with Gasteiger partial charge in [0.2, 0.25) is 10.0 Å². The number of benzene rings is 1. The molecule has 2 aromatic rings. The summed E-state index contributed by atoms with van der Waals surface area (Å²) >= 11 is 0. The lowest BCUT2D eigenvalue weighted by atomic mass is 10.2. The van der Waals surface area contributed by atoms with Crippen LogP contribution in [0.25, 0.3) is 0 Å². The van der Waals surface area contributed by atoms with Gasteiger partial charge in [-0.3, -0.25) is 9.48 Å². The van der Waals surface area contributed by atoms with Crippen molar-refractivity contribution in [2.24, 2.45) is 7.05 Å². The summed E-state index contributed by atoms with van der Waals surface area (Å²) in [5.74, 6) is -0.299. The molecule has 8 nitrogen and oxygen atoms in total. The van der Waals surface area contributed by atoms with Crippen molar-refractivity contribution in [1.29, 1.82) is 0 Å². The number of nitrogens with one attached hydrogen (secondary N) is 2. The van der Waals surface area contributed by atoms with Crippen LogP contribution < -0.4 is 10.0 Å². The lowest BCUT2D eigenvalue weighted by Crippen LogP contribution is -2.35. The predicted molar refractivity (Wildman–Crippen MR) is 95.2 cm³/mol. The summed E-state index contributed by atoms with van der Waals surface area (Å²) in [6.45, 7) is 1.36. The van der Waals surface area contributed by atoms with Crippen LogP contribution in [0, 0.1) is 0 Å². The van der Waals surface area contributed by atoms with Crippen molar-refractivity contribution in [3.63, 3.8) is 0 Å². The van der Waals surface area contributed by atoms with Gasteiger partial charge in [0.1, 0.15) is 0 Å². The monoisotopic (exact) mass is 378 g/mol. The minimum atomic E-state index is -3.69. The summed E-state index contributed by atoms with van der Waals surface area (Å²) in [6, 6.07) is 7.83. The molecule has 0 saturated carbocycles. The largest absolute Gasteiger partial charge is 0.379 e. The standard InChI is InChI=1S/C17H22N4O4S/c1-21-15(5-8-18-21)6-9-19-26(23,24)16-4-2-3-13(11-16)17(22)20-14-7-10-25-12-14/h2-5,8,11,14,19H,6-7,9-10,12H2,1H3,(H,20,22)/t14-/m0/s1. The third kappa shape index (κ3) is 4.48. The fraction of sp³-hybridized carbons (Fsp3) is 0.412. The zero-order valence-corrected chi connectivity index (χ0v) is 15.3. The molecule has 26 heavy (non-hydrogen) atoms. The van der Waals surface area contributed by atoms with Gasteiger partial charge in [0.15, 0.2) is 0 Å². The molecule has 0 aliphatic carbocycles. The highest BCUT2D eigenvalue weighted by Crippen LogP contribution is 2.13. The highest BCUT2D eigenvalue weighted by molar-refractivity contribution is 7.89. The van der Waals surface area contributed by atoms with Crippen molar-refractivity contribution in [2.75, 3.05) is 19.8 Å². The Balaban J connectivity index is 1.63. The summed E-state index contributed by atoms with van der Waals surface area (Å²) in [5, 5.41) is 6.90. The zero-order valence-electron chi connectivity index (χ0n) is 14.5. The third-order valence-electron chi connectivity index (χ3n) is 4.27. The van der Waals surface area contributed by atoms with E-state index in [9.17, 15) is 13.2 Å². The summed E-state index contributed by atoms with van der Waals surface area (Å²) < 4.78 is 34.4. The van der Waals surface area contributed by atoms with Crippen LogP contribution in [0.5, 0.6) is 0 Å². The topological polar surface area (TPSA) is 102 Å². The molecular weight excluding hydrogens is 356 g/mol. The molecule has 1 saturated heterocycles. The van der Waals surface area contributed by atoms with E-state index in [1.165, 1.54) is 12.1 Å². The maximum Gasteiger partial charge on any atom is 0.251 e. The Kier molecular flexibility index (Phi) is 5.70. The first-order valence-corrected chi connectivity index (χ1v) is 9.89. The lowest BCUT2D eigenvalue weighted by Gasteiger charge is -2.12. The maximum absolute atomic E-state index is 12.5. The highest BCUT2D eigenvalue weighted by atomic mass is 32.2. The van der Waals surface area contributed by atoms with E-state index in [4.69, 9.17) is 4.74 Å². The van der Waals surface area contributed by atoms with E-state index in [1.807, 2.05) is 6.07 Å². The first-order valence-electron chi connectivity index (χ1n) is 8.41. The van der Waals surface area contributed by atoms with Crippen molar-refractivity contribution in [2.45, 2.75) is 23.8 Å². The Morgan fingerprint density at radius 1 is 1.38 bits per heavy atom. The number of nitrogens with zero attached hydrogens (tertiary/aromatic N) is 2. The molecule has 1 aliphatic rings. The van der Waals surface area contributed by atoms with Crippen LogP contribution in [-0.4, -0.2) is 49.9 Å². The van der Waals surface area contributed by atoms with E-state index in [1.54, 1.807) is 30.1 Å². The van der Waals surface area contributed by atoms with Gasteiger partial charge in [-0.2, -0.15) is 5.10 Å². The second-order valence-electron chi connectivity index (χ2n) is 6.16. The van der Waals surface area contributed by atoms with Crippen LogP contribution in [0.1, 0.15) is 22.5 Å². The average molecular weight is 378 g/mol. The molecule has 3 rings (SSSR count). The number of amides is 1. The molecule has 0 radical (unpaired) electrons. The van der Waals surface area contributed by atoms with Crippen LogP contribution in [0.2, 0.25) is 0 Å². The molecule has 1 fully saturated rings. The number of sulfonamides is 1. The smallest absolute Gasteiger partial charge is 0.251 e. The lowest BCUT2D eigenvalue weighted by molar-refractivity contribution is 0.0929. The molecule has 1 aromatic carbocycles. The molecule has 140 valence electrons. The molecule has 1 aromatic heterocycles. The Morgan fingerprint density at radius 2 is 2.23 bits per heavy atom. The van der Waals surface area contributed by atoms with Gasteiger partial charge in [0.25, 0.3) is 5.91 Å². The first-order chi connectivity index (χ1) is 12.5. The van der Waals surface area contributed by atoms with Crippen molar-refractivity contribution >= 4 is 15.9 Å². The molecule has 1 atom stereocenters. The van der Waals surface area contributed by atoms with Crippen LogP contribution >= 0.6 is 0 Å². The number of ether oxygens (including phenoxy) is 1.